The lowest BCUT2D eigenvalue weighted by Crippen LogP contribution is -2.48. The number of halogens is 2. The van der Waals surface area contributed by atoms with E-state index in [9.17, 15) is 9.90 Å². The number of phenolic OH excluding ortho intramolecular Hbond substituents is 1. The molecule has 8 heteroatoms. The van der Waals surface area contributed by atoms with Gasteiger partial charge in [-0.1, -0.05) is 0 Å². The molecule has 1 aromatic heterocycles. The fourth-order valence-electron chi connectivity index (χ4n) is 2.81. The molecule has 0 saturated carbocycles. The Bertz CT molecular complexity index is 671. The Labute approximate surface area is 165 Å². The molecule has 1 fully saturated rings. The van der Waals surface area contributed by atoms with Crippen molar-refractivity contribution in [3.8, 4) is 11.5 Å². The number of anilines is 1. The number of aromatic nitrogens is 1. The van der Waals surface area contributed by atoms with Gasteiger partial charge in [0.25, 0.3) is 0 Å². The van der Waals surface area contributed by atoms with Gasteiger partial charge in [0.05, 0.1) is 12.2 Å². The van der Waals surface area contributed by atoms with Gasteiger partial charge in [-0.05, 0) is 55.7 Å². The number of amides is 2. The van der Waals surface area contributed by atoms with Crippen LogP contribution in [0.3, 0.4) is 0 Å². The maximum atomic E-state index is 12.6. The first-order valence-electron chi connectivity index (χ1n) is 8.12. The molecular weight excluding hydrogens is 377 g/mol. The SMILES string of the molecule is Cl.Cl.O=C(Nc1ccc(O)cc1)N1CCCC[C@@H]1COc1cccnc1. The van der Waals surface area contributed by atoms with E-state index < -0.39 is 0 Å². The summed E-state index contributed by atoms with van der Waals surface area (Å²) < 4.78 is 5.77. The molecule has 1 aliphatic rings. The quantitative estimate of drug-likeness (QED) is 0.758. The molecule has 1 atom stereocenters. The van der Waals surface area contributed by atoms with Crippen molar-refractivity contribution in [3.63, 3.8) is 0 Å². The van der Waals surface area contributed by atoms with Crippen molar-refractivity contribution in [2.24, 2.45) is 0 Å². The third kappa shape index (κ3) is 5.97. The Morgan fingerprint density at radius 3 is 2.69 bits per heavy atom. The van der Waals surface area contributed by atoms with E-state index in [1.54, 1.807) is 36.7 Å². The Kier molecular flexibility index (Phi) is 9.02. The van der Waals surface area contributed by atoms with Crippen LogP contribution in [0.4, 0.5) is 10.5 Å². The normalized spacial score (nSPS) is 16.0. The van der Waals surface area contributed by atoms with Crippen LogP contribution in [0.25, 0.3) is 0 Å². The number of nitrogens with one attached hydrogen (secondary N) is 1. The van der Waals surface area contributed by atoms with E-state index in [0.29, 0.717) is 24.6 Å². The number of urea groups is 1. The van der Waals surface area contributed by atoms with Crippen LogP contribution in [-0.4, -0.2) is 40.2 Å². The number of nitrogens with zero attached hydrogens (tertiary/aromatic N) is 2. The van der Waals surface area contributed by atoms with Gasteiger partial charge in [-0.15, -0.1) is 24.8 Å². The van der Waals surface area contributed by atoms with E-state index in [-0.39, 0.29) is 42.6 Å². The minimum Gasteiger partial charge on any atom is -0.508 e. The summed E-state index contributed by atoms with van der Waals surface area (Å²) in [6, 6.07) is 10.0. The van der Waals surface area contributed by atoms with E-state index in [0.717, 1.165) is 19.3 Å². The zero-order valence-corrected chi connectivity index (χ0v) is 15.8. The van der Waals surface area contributed by atoms with Crippen LogP contribution in [-0.2, 0) is 0 Å². The molecule has 1 aromatic carbocycles. The number of piperidine rings is 1. The molecule has 0 unspecified atom stereocenters. The van der Waals surface area contributed by atoms with Crippen molar-refractivity contribution in [3.05, 3.63) is 48.8 Å². The molecule has 6 nitrogen and oxygen atoms in total. The lowest BCUT2D eigenvalue weighted by Gasteiger charge is -2.35. The third-order valence-corrected chi connectivity index (χ3v) is 4.08. The summed E-state index contributed by atoms with van der Waals surface area (Å²) in [6.45, 7) is 1.17. The number of pyridine rings is 1. The van der Waals surface area contributed by atoms with Gasteiger partial charge in [0, 0.05) is 18.4 Å². The highest BCUT2D eigenvalue weighted by molar-refractivity contribution is 5.89. The zero-order valence-electron chi connectivity index (χ0n) is 14.2. The fraction of sp³-hybridized carbons (Fsp3) is 0.333. The number of phenols is 1. The molecule has 0 bridgehead atoms. The van der Waals surface area contributed by atoms with Crippen molar-refractivity contribution < 1.29 is 14.6 Å². The Morgan fingerprint density at radius 2 is 2.00 bits per heavy atom. The predicted octanol–water partition coefficient (Wildman–Crippen LogP) is 4.10. The minimum atomic E-state index is -0.139. The fourth-order valence-corrected chi connectivity index (χ4v) is 2.81. The van der Waals surface area contributed by atoms with Gasteiger partial charge in [0.15, 0.2) is 0 Å². The van der Waals surface area contributed by atoms with Crippen LogP contribution >= 0.6 is 24.8 Å². The average molecular weight is 400 g/mol. The van der Waals surface area contributed by atoms with Crippen molar-refractivity contribution >= 4 is 36.5 Å². The minimum absolute atomic E-state index is 0. The van der Waals surface area contributed by atoms with E-state index in [1.165, 1.54) is 0 Å². The average Bonchev–Trinajstić information content (AvgIpc) is 2.63. The maximum Gasteiger partial charge on any atom is 0.322 e. The van der Waals surface area contributed by atoms with Crippen LogP contribution in [0, 0.1) is 0 Å². The third-order valence-electron chi connectivity index (χ3n) is 4.08. The molecule has 2 heterocycles. The summed E-state index contributed by atoms with van der Waals surface area (Å²) in [7, 11) is 0. The van der Waals surface area contributed by atoms with Crippen LogP contribution < -0.4 is 10.1 Å². The second-order valence-corrected chi connectivity index (χ2v) is 5.82. The number of carbonyl (C=O) groups is 1. The molecule has 142 valence electrons. The van der Waals surface area contributed by atoms with Gasteiger partial charge >= 0.3 is 6.03 Å². The first-order valence-corrected chi connectivity index (χ1v) is 8.12. The molecule has 1 saturated heterocycles. The van der Waals surface area contributed by atoms with Crippen molar-refractivity contribution in [2.75, 3.05) is 18.5 Å². The number of carbonyl (C=O) groups excluding carboxylic acids is 1. The van der Waals surface area contributed by atoms with Gasteiger partial charge in [-0.3, -0.25) is 4.98 Å². The number of likely N-dealkylation sites (tertiary alicyclic amines) is 1. The molecule has 3 rings (SSSR count). The van der Waals surface area contributed by atoms with Gasteiger partial charge < -0.3 is 20.1 Å². The van der Waals surface area contributed by atoms with E-state index >= 15 is 0 Å². The number of rotatable bonds is 4. The Balaban J connectivity index is 0.00000169. The van der Waals surface area contributed by atoms with Crippen LogP contribution in [0.15, 0.2) is 48.8 Å². The highest BCUT2D eigenvalue weighted by Gasteiger charge is 2.27. The largest absolute Gasteiger partial charge is 0.508 e. The lowest BCUT2D eigenvalue weighted by atomic mass is 10.0. The van der Waals surface area contributed by atoms with Crippen molar-refractivity contribution in [1.29, 1.82) is 0 Å². The standard InChI is InChI=1S/C18H21N3O3.2ClH/c22-16-8-6-14(7-9-16)20-18(23)21-11-2-1-4-15(21)13-24-17-5-3-10-19-12-17;;/h3,5-10,12,15,22H,1-2,4,11,13H2,(H,20,23);2*1H/t15-;;/m1../s1. The highest BCUT2D eigenvalue weighted by atomic mass is 35.5. The first kappa shape index (κ1) is 21.9. The maximum absolute atomic E-state index is 12.6. The van der Waals surface area contributed by atoms with Crippen LogP contribution in [0.2, 0.25) is 0 Å². The van der Waals surface area contributed by atoms with E-state index in [4.69, 9.17) is 4.74 Å². The summed E-state index contributed by atoms with van der Waals surface area (Å²) in [5.41, 5.74) is 0.662. The molecule has 0 aliphatic carbocycles. The zero-order chi connectivity index (χ0) is 16.8. The smallest absolute Gasteiger partial charge is 0.322 e. The molecular formula is C18H23Cl2N3O3. The Hall–Kier alpha value is -2.18. The van der Waals surface area contributed by atoms with E-state index in [1.807, 2.05) is 17.0 Å². The number of hydrogen-bond donors (Lipinski definition) is 2. The second-order valence-electron chi connectivity index (χ2n) is 5.82. The molecule has 0 radical (unpaired) electrons. The van der Waals surface area contributed by atoms with Gasteiger partial charge in [-0.2, -0.15) is 0 Å². The van der Waals surface area contributed by atoms with Crippen molar-refractivity contribution in [2.45, 2.75) is 25.3 Å². The summed E-state index contributed by atoms with van der Waals surface area (Å²) in [6.07, 6.45) is 6.37. The molecule has 2 amide bonds. The predicted molar refractivity (Wildman–Crippen MR) is 106 cm³/mol. The highest BCUT2D eigenvalue weighted by Crippen LogP contribution is 2.21. The summed E-state index contributed by atoms with van der Waals surface area (Å²) in [5.74, 6) is 0.885. The molecule has 26 heavy (non-hydrogen) atoms. The van der Waals surface area contributed by atoms with Crippen LogP contribution in [0.1, 0.15) is 19.3 Å². The first-order chi connectivity index (χ1) is 11.7. The van der Waals surface area contributed by atoms with Crippen LogP contribution in [0.5, 0.6) is 11.5 Å². The second kappa shape index (κ2) is 10.7. The molecule has 2 aromatic rings. The number of hydrogen-bond acceptors (Lipinski definition) is 4. The lowest BCUT2D eigenvalue weighted by molar-refractivity contribution is 0.124. The number of aromatic hydroxyl groups is 1. The molecule has 0 spiro atoms. The monoisotopic (exact) mass is 399 g/mol. The van der Waals surface area contributed by atoms with Gasteiger partial charge in [-0.25, -0.2) is 4.79 Å². The van der Waals surface area contributed by atoms with Gasteiger partial charge in [0.1, 0.15) is 18.1 Å². The summed E-state index contributed by atoms with van der Waals surface area (Å²) in [5, 5.41) is 12.2. The summed E-state index contributed by atoms with van der Waals surface area (Å²) in [4.78, 5) is 18.4. The summed E-state index contributed by atoms with van der Waals surface area (Å²) >= 11 is 0. The van der Waals surface area contributed by atoms with E-state index in [2.05, 4.69) is 10.3 Å². The van der Waals surface area contributed by atoms with Crippen molar-refractivity contribution in [1.82, 2.24) is 9.88 Å². The Morgan fingerprint density at radius 1 is 1.23 bits per heavy atom. The molecule has 2 N–H and O–H groups in total. The van der Waals surface area contributed by atoms with Gasteiger partial charge in [0.2, 0.25) is 0 Å². The topological polar surface area (TPSA) is 74.7 Å². The number of benzene rings is 1. The number of ether oxygens (including phenoxy) is 1. The molecule has 1 aliphatic heterocycles.